The van der Waals surface area contributed by atoms with E-state index < -0.39 is 7.32 Å². The van der Waals surface area contributed by atoms with Gasteiger partial charge in [-0.25, -0.2) is 0 Å². The van der Waals surface area contributed by atoms with Gasteiger partial charge in [-0.05, 0) is 0 Å². The summed E-state index contributed by atoms with van der Waals surface area (Å²) >= 11 is 0. The maximum atomic E-state index is 7.17. The molecule has 0 heterocycles. The summed E-state index contributed by atoms with van der Waals surface area (Å²) in [6, 6.07) is 0. The van der Waals surface area contributed by atoms with Crippen LogP contribution in [-0.4, -0.2) is 46.3 Å². The first-order chi connectivity index (χ1) is 1.73. The molecule has 0 aromatic heterocycles. The van der Waals surface area contributed by atoms with E-state index in [-0.39, 0.29) is 54.9 Å². The van der Waals surface area contributed by atoms with E-state index >= 15 is 0 Å². The Hall–Kier alpha value is 1.74. The van der Waals surface area contributed by atoms with E-state index in [4.69, 9.17) is 15.1 Å². The van der Waals surface area contributed by atoms with Crippen molar-refractivity contribution in [1.82, 2.24) is 0 Å². The molecule has 0 aromatic rings. The van der Waals surface area contributed by atoms with Crippen LogP contribution in [0, 0.1) is 0 Å². The molecule has 2 radical (unpaired) electrons. The predicted octanol–water partition coefficient (Wildman–Crippen LogP) is -5.85. The van der Waals surface area contributed by atoms with Gasteiger partial charge in [0, 0.05) is 0 Å². The molecule has 0 aliphatic heterocycles. The zero-order valence-electron chi connectivity index (χ0n) is 4.63. The summed E-state index contributed by atoms with van der Waals surface area (Å²) in [7, 11) is -2.17. The molecule has 0 saturated carbocycles. The van der Waals surface area contributed by atoms with Crippen molar-refractivity contribution in [3.8, 4) is 0 Å². The SMILES string of the molecule is OB(O)O.[H-].[Na+].[SnH2]. The molecule has 0 aliphatic carbocycles. The van der Waals surface area contributed by atoms with Crippen molar-refractivity contribution in [1.29, 1.82) is 0 Å². The first-order valence-corrected chi connectivity index (χ1v) is 0.775. The van der Waals surface area contributed by atoms with Crippen molar-refractivity contribution in [2.75, 3.05) is 0 Å². The fourth-order valence-electron chi connectivity index (χ4n) is 0. The molecule has 32 valence electrons. The topological polar surface area (TPSA) is 60.7 Å². The normalized spacial score (nSPS) is 4.50. The number of hydrogen-bond acceptors (Lipinski definition) is 3. The van der Waals surface area contributed by atoms with E-state index in [1.807, 2.05) is 0 Å². The Bertz CT molecular complexity index is 19.7. The summed E-state index contributed by atoms with van der Waals surface area (Å²) < 4.78 is 0. The maximum absolute atomic E-state index is 7.17. The van der Waals surface area contributed by atoms with E-state index in [0.717, 1.165) is 0 Å². The Kier molecular flexibility index (Phi) is 25.8. The summed E-state index contributed by atoms with van der Waals surface area (Å²) in [5, 5.41) is 21.5. The minimum absolute atomic E-state index is 0. The molecule has 3 nitrogen and oxygen atoms in total. The van der Waals surface area contributed by atoms with Crippen LogP contribution in [0.25, 0.3) is 0 Å². The number of hydrogen-bond donors (Lipinski definition) is 3. The second-order valence-corrected chi connectivity index (χ2v) is 0.346. The molecule has 0 aromatic carbocycles. The van der Waals surface area contributed by atoms with Crippen LogP contribution in [0.4, 0.5) is 0 Å². The summed E-state index contributed by atoms with van der Waals surface area (Å²) in [5.41, 5.74) is 0. The van der Waals surface area contributed by atoms with Gasteiger partial charge in [0.05, 0.1) is 0 Å². The molecule has 6 heteroatoms. The third-order valence-electron chi connectivity index (χ3n) is 0. The van der Waals surface area contributed by atoms with E-state index in [2.05, 4.69) is 0 Å². The Balaban J connectivity index is -0.0000000150. The molecule has 3 N–H and O–H groups in total. The molecule has 0 spiro atoms. The van der Waals surface area contributed by atoms with Crippen LogP contribution < -0.4 is 29.6 Å². The molecule has 0 amide bonds. The molecule has 0 saturated heterocycles. The van der Waals surface area contributed by atoms with Crippen LogP contribution in [0.1, 0.15) is 1.43 Å². The Morgan fingerprint density at radius 1 is 1.17 bits per heavy atom. The third-order valence-corrected chi connectivity index (χ3v) is 0. The Labute approximate surface area is 76.7 Å². The van der Waals surface area contributed by atoms with Gasteiger partial charge in [0.15, 0.2) is 0 Å². The monoisotopic (exact) mass is 208 g/mol. The van der Waals surface area contributed by atoms with Crippen molar-refractivity contribution >= 4 is 31.2 Å². The van der Waals surface area contributed by atoms with Gasteiger partial charge in [-0.15, -0.1) is 0 Å². The molecule has 0 fully saturated rings. The van der Waals surface area contributed by atoms with Gasteiger partial charge in [0.1, 0.15) is 0 Å². The Morgan fingerprint density at radius 3 is 1.17 bits per heavy atom. The van der Waals surface area contributed by atoms with Crippen molar-refractivity contribution in [3.63, 3.8) is 0 Å². The minimum atomic E-state index is -2.17. The predicted molar refractivity (Wildman–Crippen MR) is 22.1 cm³/mol. The summed E-state index contributed by atoms with van der Waals surface area (Å²) in [4.78, 5) is 0. The van der Waals surface area contributed by atoms with Gasteiger partial charge in [0.25, 0.3) is 0 Å². The second kappa shape index (κ2) is 9.89. The van der Waals surface area contributed by atoms with Crippen molar-refractivity contribution < 1.29 is 46.1 Å². The van der Waals surface area contributed by atoms with Gasteiger partial charge in [-0.3, -0.25) is 0 Å². The quantitative estimate of drug-likeness (QED) is 0.346. The van der Waals surface area contributed by atoms with Gasteiger partial charge in [-0.1, -0.05) is 0 Å². The van der Waals surface area contributed by atoms with E-state index in [9.17, 15) is 0 Å². The molecular formula is H6BNaO3Sn. The van der Waals surface area contributed by atoms with Gasteiger partial charge < -0.3 is 16.5 Å². The molecule has 0 unspecified atom stereocenters. The zero-order valence-corrected chi connectivity index (χ0v) is 9.66. The zero-order chi connectivity index (χ0) is 3.58. The number of rotatable bonds is 0. The van der Waals surface area contributed by atoms with Crippen LogP contribution in [-0.2, 0) is 0 Å². The average Bonchev–Trinajstić information content (AvgIpc) is 0.811. The first kappa shape index (κ1) is 15.6. The van der Waals surface area contributed by atoms with Crippen LogP contribution in [0.5, 0.6) is 0 Å². The summed E-state index contributed by atoms with van der Waals surface area (Å²) in [5.74, 6) is 0. The summed E-state index contributed by atoms with van der Waals surface area (Å²) in [6.07, 6.45) is 0. The van der Waals surface area contributed by atoms with E-state index in [1.165, 1.54) is 0 Å². The van der Waals surface area contributed by atoms with Gasteiger partial charge in [0.2, 0.25) is 0 Å². The fraction of sp³-hybridized carbons (Fsp3) is 0. The average molecular weight is 207 g/mol. The Morgan fingerprint density at radius 2 is 1.17 bits per heavy atom. The van der Waals surface area contributed by atoms with E-state index in [0.29, 0.717) is 0 Å². The van der Waals surface area contributed by atoms with Crippen molar-refractivity contribution in [2.24, 2.45) is 0 Å². The van der Waals surface area contributed by atoms with Crippen LogP contribution in [0.15, 0.2) is 0 Å². The molecule has 0 rings (SSSR count). The molecule has 0 aliphatic rings. The van der Waals surface area contributed by atoms with Crippen molar-refractivity contribution in [2.45, 2.75) is 0 Å². The van der Waals surface area contributed by atoms with Crippen LogP contribution >= 0.6 is 0 Å². The van der Waals surface area contributed by atoms with Crippen LogP contribution in [0.3, 0.4) is 0 Å². The molecule has 0 atom stereocenters. The molecular weight excluding hydrogens is 201 g/mol. The molecule has 0 bridgehead atoms. The van der Waals surface area contributed by atoms with Gasteiger partial charge >= 0.3 is 60.8 Å². The van der Waals surface area contributed by atoms with E-state index in [1.54, 1.807) is 0 Å². The standard InChI is InChI=1S/BH3O3.Na.Sn.3H/c2-1(3)4;;;;;/h2-4H;;;;;/q;+1;;;;-1. The van der Waals surface area contributed by atoms with Gasteiger partial charge in [-0.2, -0.15) is 0 Å². The fourth-order valence-corrected chi connectivity index (χ4v) is 0. The van der Waals surface area contributed by atoms with Crippen molar-refractivity contribution in [3.05, 3.63) is 0 Å². The van der Waals surface area contributed by atoms with Crippen LogP contribution in [0.2, 0.25) is 0 Å². The summed E-state index contributed by atoms with van der Waals surface area (Å²) in [6.45, 7) is 0. The molecule has 6 heavy (non-hydrogen) atoms. The third kappa shape index (κ3) is 42.5. The second-order valence-electron chi connectivity index (χ2n) is 0.346. The first-order valence-electron chi connectivity index (χ1n) is 0.775.